The first kappa shape index (κ1) is 17.1. The topological polar surface area (TPSA) is 67.9 Å². The summed E-state index contributed by atoms with van der Waals surface area (Å²) in [6.45, 7) is 2.82. The van der Waals surface area contributed by atoms with E-state index < -0.39 is 18.1 Å². The van der Waals surface area contributed by atoms with Gasteiger partial charge in [0.2, 0.25) is 0 Å². The predicted octanol–water partition coefficient (Wildman–Crippen LogP) is 0.770. The lowest BCUT2D eigenvalue weighted by Gasteiger charge is -2.21. The first-order valence-electron chi connectivity index (χ1n) is 6.79. The van der Waals surface area contributed by atoms with Crippen molar-refractivity contribution in [3.05, 3.63) is 35.9 Å². The second-order valence-corrected chi connectivity index (χ2v) is 4.42. The summed E-state index contributed by atoms with van der Waals surface area (Å²) >= 11 is 0. The second-order valence-electron chi connectivity index (χ2n) is 4.42. The van der Waals surface area contributed by atoms with Gasteiger partial charge in [0.1, 0.15) is 0 Å². The average Bonchev–Trinajstić information content (AvgIpc) is 2.53. The standard InChI is InChI=1S/C15H22N2O4/c1-4-17(11-12-8-6-5-7-9-12)15(19)14(18)16-10-13(20-2)21-3/h5-9,13H,4,10-11H2,1-3H3,(H,16,18). The van der Waals surface area contributed by atoms with E-state index in [2.05, 4.69) is 5.32 Å². The Labute approximate surface area is 125 Å². The zero-order valence-electron chi connectivity index (χ0n) is 12.7. The van der Waals surface area contributed by atoms with E-state index in [4.69, 9.17) is 9.47 Å². The lowest BCUT2D eigenvalue weighted by molar-refractivity contribution is -0.148. The molecule has 1 rings (SSSR count). The number of carbonyl (C=O) groups excluding carboxylic acids is 2. The monoisotopic (exact) mass is 294 g/mol. The molecule has 0 aliphatic carbocycles. The Hall–Kier alpha value is -1.92. The van der Waals surface area contributed by atoms with Gasteiger partial charge in [-0.05, 0) is 12.5 Å². The number of carbonyl (C=O) groups is 2. The van der Waals surface area contributed by atoms with Crippen LogP contribution in [0.3, 0.4) is 0 Å². The molecule has 116 valence electrons. The molecule has 21 heavy (non-hydrogen) atoms. The summed E-state index contributed by atoms with van der Waals surface area (Å²) in [6, 6.07) is 9.54. The second kappa shape index (κ2) is 9.10. The lowest BCUT2D eigenvalue weighted by atomic mass is 10.2. The van der Waals surface area contributed by atoms with Crippen molar-refractivity contribution in [2.75, 3.05) is 27.3 Å². The first-order chi connectivity index (χ1) is 10.1. The van der Waals surface area contributed by atoms with Crippen molar-refractivity contribution in [2.24, 2.45) is 0 Å². The number of hydrogen-bond acceptors (Lipinski definition) is 4. The van der Waals surface area contributed by atoms with Crippen molar-refractivity contribution < 1.29 is 19.1 Å². The fourth-order valence-corrected chi connectivity index (χ4v) is 1.79. The minimum Gasteiger partial charge on any atom is -0.354 e. The molecule has 0 unspecified atom stereocenters. The molecule has 0 atom stereocenters. The summed E-state index contributed by atoms with van der Waals surface area (Å²) in [5.74, 6) is -1.22. The molecule has 0 radical (unpaired) electrons. The Morgan fingerprint density at radius 3 is 2.33 bits per heavy atom. The Bertz CT molecular complexity index is 446. The SMILES string of the molecule is CCN(Cc1ccccc1)C(=O)C(=O)NCC(OC)OC. The largest absolute Gasteiger partial charge is 0.354 e. The van der Waals surface area contributed by atoms with E-state index in [1.807, 2.05) is 37.3 Å². The molecule has 1 N–H and O–H groups in total. The van der Waals surface area contributed by atoms with Gasteiger partial charge in [0, 0.05) is 27.3 Å². The third kappa shape index (κ3) is 5.53. The zero-order chi connectivity index (χ0) is 15.7. The van der Waals surface area contributed by atoms with Gasteiger partial charge in [-0.25, -0.2) is 0 Å². The Balaban J connectivity index is 2.55. The van der Waals surface area contributed by atoms with Crippen molar-refractivity contribution in [2.45, 2.75) is 19.8 Å². The maximum atomic E-state index is 12.1. The molecule has 0 bridgehead atoms. The fourth-order valence-electron chi connectivity index (χ4n) is 1.79. The molecule has 0 fully saturated rings. The van der Waals surface area contributed by atoms with Crippen LogP contribution in [0.4, 0.5) is 0 Å². The molecule has 0 spiro atoms. The van der Waals surface area contributed by atoms with Crippen molar-refractivity contribution in [1.29, 1.82) is 0 Å². The van der Waals surface area contributed by atoms with Crippen molar-refractivity contribution in [1.82, 2.24) is 10.2 Å². The average molecular weight is 294 g/mol. The van der Waals surface area contributed by atoms with Gasteiger partial charge in [0.15, 0.2) is 6.29 Å². The Kier molecular flexibility index (Phi) is 7.42. The third-order valence-corrected chi connectivity index (χ3v) is 3.03. The number of rotatable bonds is 7. The summed E-state index contributed by atoms with van der Waals surface area (Å²) in [7, 11) is 2.94. The van der Waals surface area contributed by atoms with Crippen LogP contribution in [0.5, 0.6) is 0 Å². The number of nitrogens with zero attached hydrogens (tertiary/aromatic N) is 1. The van der Waals surface area contributed by atoms with Crippen LogP contribution in [0, 0.1) is 0 Å². The highest BCUT2D eigenvalue weighted by Gasteiger charge is 2.21. The molecule has 0 aliphatic heterocycles. The molecule has 0 heterocycles. The molecular weight excluding hydrogens is 272 g/mol. The van der Waals surface area contributed by atoms with Crippen LogP contribution in [0.1, 0.15) is 12.5 Å². The van der Waals surface area contributed by atoms with Gasteiger partial charge in [0.25, 0.3) is 0 Å². The molecule has 1 aromatic rings. The minimum atomic E-state index is -0.660. The fraction of sp³-hybridized carbons (Fsp3) is 0.467. The molecule has 0 saturated heterocycles. The van der Waals surface area contributed by atoms with E-state index in [1.165, 1.54) is 19.1 Å². The molecule has 1 aromatic carbocycles. The minimum absolute atomic E-state index is 0.125. The number of ether oxygens (including phenoxy) is 2. The summed E-state index contributed by atoms with van der Waals surface area (Å²) in [5.41, 5.74) is 0.979. The maximum Gasteiger partial charge on any atom is 0.312 e. The molecule has 6 nitrogen and oxygen atoms in total. The number of likely N-dealkylation sites (N-methyl/N-ethyl adjacent to an activating group) is 1. The number of methoxy groups -OCH3 is 2. The summed E-state index contributed by atoms with van der Waals surface area (Å²) < 4.78 is 9.90. The summed E-state index contributed by atoms with van der Waals surface area (Å²) in [4.78, 5) is 25.4. The predicted molar refractivity (Wildman–Crippen MR) is 78.3 cm³/mol. The molecule has 0 aliphatic rings. The lowest BCUT2D eigenvalue weighted by Crippen LogP contribution is -2.45. The van der Waals surface area contributed by atoms with Crippen LogP contribution in [0.25, 0.3) is 0 Å². The number of hydrogen-bond donors (Lipinski definition) is 1. The Morgan fingerprint density at radius 2 is 1.81 bits per heavy atom. The van der Waals surface area contributed by atoms with Crippen LogP contribution in [0.2, 0.25) is 0 Å². The van der Waals surface area contributed by atoms with Crippen LogP contribution < -0.4 is 5.32 Å². The van der Waals surface area contributed by atoms with Crippen molar-refractivity contribution in [3.63, 3.8) is 0 Å². The van der Waals surface area contributed by atoms with Gasteiger partial charge < -0.3 is 19.7 Å². The van der Waals surface area contributed by atoms with E-state index in [0.717, 1.165) is 5.56 Å². The molecular formula is C15H22N2O4. The van der Waals surface area contributed by atoms with Crippen LogP contribution in [0.15, 0.2) is 30.3 Å². The highest BCUT2D eigenvalue weighted by Crippen LogP contribution is 2.04. The van der Waals surface area contributed by atoms with Crippen LogP contribution in [-0.4, -0.2) is 50.3 Å². The zero-order valence-corrected chi connectivity index (χ0v) is 12.7. The van der Waals surface area contributed by atoms with Gasteiger partial charge in [-0.1, -0.05) is 30.3 Å². The van der Waals surface area contributed by atoms with Gasteiger partial charge >= 0.3 is 11.8 Å². The maximum absolute atomic E-state index is 12.1. The highest BCUT2D eigenvalue weighted by molar-refractivity contribution is 6.34. The number of amides is 2. The third-order valence-electron chi connectivity index (χ3n) is 3.03. The Morgan fingerprint density at radius 1 is 1.19 bits per heavy atom. The van der Waals surface area contributed by atoms with Crippen molar-refractivity contribution in [3.8, 4) is 0 Å². The van der Waals surface area contributed by atoms with Crippen LogP contribution >= 0.6 is 0 Å². The number of nitrogens with one attached hydrogen (secondary N) is 1. The number of benzene rings is 1. The smallest absolute Gasteiger partial charge is 0.312 e. The van der Waals surface area contributed by atoms with E-state index in [1.54, 1.807) is 0 Å². The molecule has 2 amide bonds. The van der Waals surface area contributed by atoms with Crippen molar-refractivity contribution >= 4 is 11.8 Å². The summed E-state index contributed by atoms with van der Waals surface area (Å²) in [6.07, 6.45) is -0.564. The van der Waals surface area contributed by atoms with E-state index in [0.29, 0.717) is 13.1 Å². The van der Waals surface area contributed by atoms with Gasteiger partial charge in [-0.15, -0.1) is 0 Å². The normalized spacial score (nSPS) is 10.5. The van der Waals surface area contributed by atoms with E-state index >= 15 is 0 Å². The highest BCUT2D eigenvalue weighted by atomic mass is 16.7. The molecule has 6 heteroatoms. The van der Waals surface area contributed by atoms with Gasteiger partial charge in [-0.3, -0.25) is 9.59 Å². The quantitative estimate of drug-likeness (QED) is 0.596. The van der Waals surface area contributed by atoms with E-state index in [-0.39, 0.29) is 6.54 Å². The molecule has 0 aromatic heterocycles. The molecule has 0 saturated carbocycles. The first-order valence-corrected chi connectivity index (χ1v) is 6.79. The summed E-state index contributed by atoms with van der Waals surface area (Å²) in [5, 5.41) is 2.50. The van der Waals surface area contributed by atoms with E-state index in [9.17, 15) is 9.59 Å². The van der Waals surface area contributed by atoms with Gasteiger partial charge in [0.05, 0.1) is 6.54 Å². The van der Waals surface area contributed by atoms with Gasteiger partial charge in [-0.2, -0.15) is 0 Å². The van der Waals surface area contributed by atoms with Crippen LogP contribution in [-0.2, 0) is 25.6 Å².